The van der Waals surface area contributed by atoms with Gasteiger partial charge >= 0.3 is 10.2 Å². The van der Waals surface area contributed by atoms with Crippen molar-refractivity contribution in [3.05, 3.63) is 29.8 Å². The summed E-state index contributed by atoms with van der Waals surface area (Å²) in [4.78, 5) is 0. The molecule has 1 fully saturated rings. The Morgan fingerprint density at radius 3 is 2.44 bits per heavy atom. The van der Waals surface area contributed by atoms with E-state index in [2.05, 4.69) is 0 Å². The quantitative estimate of drug-likeness (QED) is 0.818. The maximum Gasteiger partial charge on any atom is 0.304 e. The van der Waals surface area contributed by atoms with Crippen molar-refractivity contribution in [2.75, 3.05) is 23.9 Å². The van der Waals surface area contributed by atoms with E-state index in [1.54, 1.807) is 8.61 Å². The van der Waals surface area contributed by atoms with Crippen molar-refractivity contribution in [2.24, 2.45) is 0 Å². The van der Waals surface area contributed by atoms with Crippen LogP contribution in [-0.4, -0.2) is 32.4 Å². The summed E-state index contributed by atoms with van der Waals surface area (Å²) in [5.74, 6) is 0. The number of anilines is 1. The Hall–Kier alpha value is -1.07. The zero-order valence-corrected chi connectivity index (χ0v) is 11.2. The Morgan fingerprint density at radius 2 is 1.67 bits per heavy atom. The molecule has 0 radical (unpaired) electrons. The van der Waals surface area contributed by atoms with Crippen LogP contribution in [-0.2, 0) is 16.6 Å². The van der Waals surface area contributed by atoms with Crippen LogP contribution < -0.4 is 4.31 Å². The van der Waals surface area contributed by atoms with Crippen LogP contribution in [0.2, 0.25) is 0 Å². The molecule has 5 heteroatoms. The zero-order valence-electron chi connectivity index (χ0n) is 10.4. The van der Waals surface area contributed by atoms with Gasteiger partial charge < -0.3 is 0 Å². The average molecular weight is 266 g/mol. The molecule has 2 aliphatic heterocycles. The van der Waals surface area contributed by atoms with E-state index in [1.165, 1.54) is 0 Å². The van der Waals surface area contributed by atoms with Crippen LogP contribution in [0.15, 0.2) is 24.3 Å². The fourth-order valence-electron chi connectivity index (χ4n) is 2.80. The first-order valence-electron chi connectivity index (χ1n) is 6.55. The first-order chi connectivity index (χ1) is 8.69. The predicted octanol–water partition coefficient (Wildman–Crippen LogP) is 1.78. The van der Waals surface area contributed by atoms with E-state index in [1.807, 2.05) is 24.3 Å². The lowest BCUT2D eigenvalue weighted by Crippen LogP contribution is -2.44. The predicted molar refractivity (Wildman–Crippen MR) is 71.8 cm³/mol. The fraction of sp³-hybridized carbons (Fsp3) is 0.538. The van der Waals surface area contributed by atoms with Gasteiger partial charge in [0.15, 0.2) is 0 Å². The molecule has 3 rings (SSSR count). The van der Waals surface area contributed by atoms with Crippen LogP contribution in [0.25, 0.3) is 0 Å². The summed E-state index contributed by atoms with van der Waals surface area (Å²) >= 11 is 0. The highest BCUT2D eigenvalue weighted by Crippen LogP contribution is 2.31. The summed E-state index contributed by atoms with van der Waals surface area (Å²) in [6.07, 6.45) is 3.84. The standard InChI is InChI=1S/C13H18N2O2S/c16-18(17,14-9-3-4-10-14)15-11-5-7-12-6-1-2-8-13(12)15/h1-2,6,8H,3-5,7,9-11H2. The Kier molecular flexibility index (Phi) is 3.03. The minimum atomic E-state index is -3.31. The molecule has 1 saturated heterocycles. The van der Waals surface area contributed by atoms with E-state index >= 15 is 0 Å². The van der Waals surface area contributed by atoms with Gasteiger partial charge in [0, 0.05) is 19.6 Å². The van der Waals surface area contributed by atoms with Gasteiger partial charge in [0.2, 0.25) is 0 Å². The van der Waals surface area contributed by atoms with Gasteiger partial charge in [-0.3, -0.25) is 4.31 Å². The van der Waals surface area contributed by atoms with E-state index in [-0.39, 0.29) is 0 Å². The molecule has 0 amide bonds. The molecule has 0 unspecified atom stereocenters. The van der Waals surface area contributed by atoms with E-state index in [9.17, 15) is 8.42 Å². The van der Waals surface area contributed by atoms with Crippen LogP contribution >= 0.6 is 0 Å². The van der Waals surface area contributed by atoms with Gasteiger partial charge in [-0.1, -0.05) is 18.2 Å². The minimum Gasteiger partial charge on any atom is -0.257 e. The zero-order chi connectivity index (χ0) is 12.6. The number of hydrogen-bond acceptors (Lipinski definition) is 2. The summed E-state index contributed by atoms with van der Waals surface area (Å²) in [5, 5.41) is 0. The lowest BCUT2D eigenvalue weighted by Gasteiger charge is -2.33. The molecule has 0 saturated carbocycles. The number of fused-ring (bicyclic) bond motifs is 1. The highest BCUT2D eigenvalue weighted by molar-refractivity contribution is 7.90. The summed E-state index contributed by atoms with van der Waals surface area (Å²) in [7, 11) is -3.31. The Bertz CT molecular complexity index is 536. The van der Waals surface area contributed by atoms with Crippen LogP contribution in [0.4, 0.5) is 5.69 Å². The fourth-order valence-corrected chi connectivity index (χ4v) is 4.58. The maximum atomic E-state index is 12.6. The van der Waals surface area contributed by atoms with Crippen molar-refractivity contribution in [1.29, 1.82) is 0 Å². The van der Waals surface area contributed by atoms with Gasteiger partial charge in [-0.2, -0.15) is 12.7 Å². The third-order valence-electron chi connectivity index (χ3n) is 3.74. The van der Waals surface area contributed by atoms with Crippen LogP contribution in [0, 0.1) is 0 Å². The Labute approximate surface area is 108 Å². The smallest absolute Gasteiger partial charge is 0.257 e. The molecule has 0 aromatic heterocycles. The van der Waals surface area contributed by atoms with Crippen LogP contribution in [0.5, 0.6) is 0 Å². The summed E-state index contributed by atoms with van der Waals surface area (Å²) < 4.78 is 28.4. The molecule has 1 aromatic carbocycles. The van der Waals surface area contributed by atoms with Crippen LogP contribution in [0.3, 0.4) is 0 Å². The lowest BCUT2D eigenvalue weighted by molar-refractivity contribution is 0.471. The number of benzene rings is 1. The SMILES string of the molecule is O=S(=O)(N1CCCC1)N1CCCc2ccccc21. The summed E-state index contributed by atoms with van der Waals surface area (Å²) in [6.45, 7) is 1.94. The average Bonchev–Trinajstić information content (AvgIpc) is 2.92. The van der Waals surface area contributed by atoms with Gasteiger partial charge in [0.1, 0.15) is 0 Å². The monoisotopic (exact) mass is 266 g/mol. The van der Waals surface area contributed by atoms with Gasteiger partial charge in [0.25, 0.3) is 0 Å². The van der Waals surface area contributed by atoms with Crippen LogP contribution in [0.1, 0.15) is 24.8 Å². The van der Waals surface area contributed by atoms with Crippen molar-refractivity contribution in [3.8, 4) is 0 Å². The molecule has 2 heterocycles. The molecular formula is C13H18N2O2S. The van der Waals surface area contributed by atoms with Crippen molar-refractivity contribution >= 4 is 15.9 Å². The molecule has 0 aliphatic carbocycles. The number of hydrogen-bond donors (Lipinski definition) is 0. The number of aryl methyl sites for hydroxylation is 1. The molecule has 2 aliphatic rings. The molecule has 18 heavy (non-hydrogen) atoms. The normalized spacial score (nSPS) is 21.0. The molecular weight excluding hydrogens is 248 g/mol. The topological polar surface area (TPSA) is 40.6 Å². The molecule has 1 aromatic rings. The van der Waals surface area contributed by atoms with Crippen molar-refractivity contribution in [1.82, 2.24) is 4.31 Å². The Balaban J connectivity index is 1.98. The van der Waals surface area contributed by atoms with Gasteiger partial charge in [0.05, 0.1) is 5.69 Å². The second-order valence-electron chi connectivity index (χ2n) is 4.92. The largest absolute Gasteiger partial charge is 0.304 e. The third kappa shape index (κ3) is 1.91. The third-order valence-corrected chi connectivity index (χ3v) is 5.69. The molecule has 98 valence electrons. The van der Waals surface area contributed by atoms with E-state index in [4.69, 9.17) is 0 Å². The van der Waals surface area contributed by atoms with Gasteiger partial charge in [-0.05, 0) is 37.3 Å². The first kappa shape index (κ1) is 12.0. The van der Waals surface area contributed by atoms with Gasteiger partial charge in [-0.25, -0.2) is 0 Å². The van der Waals surface area contributed by atoms with E-state index in [0.717, 1.165) is 36.9 Å². The second-order valence-corrected chi connectivity index (χ2v) is 6.77. The van der Waals surface area contributed by atoms with E-state index in [0.29, 0.717) is 19.6 Å². The number of para-hydroxylation sites is 1. The van der Waals surface area contributed by atoms with Crippen molar-refractivity contribution in [2.45, 2.75) is 25.7 Å². The first-order valence-corrected chi connectivity index (χ1v) is 7.95. The number of rotatable bonds is 2. The van der Waals surface area contributed by atoms with Crippen molar-refractivity contribution < 1.29 is 8.42 Å². The summed E-state index contributed by atoms with van der Waals surface area (Å²) in [6, 6.07) is 7.84. The van der Waals surface area contributed by atoms with Crippen molar-refractivity contribution in [3.63, 3.8) is 0 Å². The molecule has 0 bridgehead atoms. The van der Waals surface area contributed by atoms with Gasteiger partial charge in [-0.15, -0.1) is 0 Å². The molecule has 4 nitrogen and oxygen atoms in total. The second kappa shape index (κ2) is 4.55. The Morgan fingerprint density at radius 1 is 0.944 bits per heavy atom. The number of nitrogens with zero attached hydrogens (tertiary/aromatic N) is 2. The minimum absolute atomic E-state index is 0.607. The highest BCUT2D eigenvalue weighted by atomic mass is 32.2. The molecule has 0 atom stereocenters. The highest BCUT2D eigenvalue weighted by Gasteiger charge is 2.33. The lowest BCUT2D eigenvalue weighted by atomic mass is 10.0. The molecule has 0 spiro atoms. The maximum absolute atomic E-state index is 12.6. The van der Waals surface area contributed by atoms with E-state index < -0.39 is 10.2 Å². The molecule has 0 N–H and O–H groups in total. The summed E-state index contributed by atoms with van der Waals surface area (Å²) in [5.41, 5.74) is 2.02.